The van der Waals surface area contributed by atoms with E-state index >= 15 is 0 Å². The molecule has 140 valence electrons. The van der Waals surface area contributed by atoms with Gasteiger partial charge in [-0.1, -0.05) is 49.6 Å². The minimum Gasteiger partial charge on any atom is -0.480 e. The first-order chi connectivity index (χ1) is 12.5. The topological polar surface area (TPSA) is 86.7 Å². The van der Waals surface area contributed by atoms with E-state index in [2.05, 4.69) is 5.32 Å². The monoisotopic (exact) mass is 358 g/mol. The number of carboxylic acid groups (broad SMARTS) is 1. The molecule has 2 aliphatic rings. The van der Waals surface area contributed by atoms with Gasteiger partial charge in [0.15, 0.2) is 0 Å². The maximum atomic E-state index is 12.6. The Hall–Kier alpha value is -2.37. The molecule has 2 amide bonds. The van der Waals surface area contributed by atoms with Gasteiger partial charge in [-0.3, -0.25) is 9.59 Å². The largest absolute Gasteiger partial charge is 0.480 e. The molecule has 1 heterocycles. The zero-order chi connectivity index (χ0) is 18.6. The van der Waals surface area contributed by atoms with Crippen molar-refractivity contribution in [1.82, 2.24) is 10.2 Å². The van der Waals surface area contributed by atoms with Crippen LogP contribution in [0.4, 0.5) is 0 Å². The fourth-order valence-electron chi connectivity index (χ4n) is 3.96. The molecule has 1 aliphatic heterocycles. The van der Waals surface area contributed by atoms with Crippen LogP contribution < -0.4 is 5.32 Å². The third kappa shape index (κ3) is 4.06. The van der Waals surface area contributed by atoms with Crippen molar-refractivity contribution in [3.05, 3.63) is 35.9 Å². The van der Waals surface area contributed by atoms with Gasteiger partial charge in [-0.25, -0.2) is 4.79 Å². The fourth-order valence-corrected chi connectivity index (χ4v) is 3.96. The van der Waals surface area contributed by atoms with Crippen molar-refractivity contribution in [2.75, 3.05) is 13.1 Å². The molecular weight excluding hydrogens is 332 g/mol. The summed E-state index contributed by atoms with van der Waals surface area (Å²) in [5, 5.41) is 12.4. The van der Waals surface area contributed by atoms with E-state index in [1.807, 2.05) is 30.3 Å². The van der Waals surface area contributed by atoms with Crippen molar-refractivity contribution >= 4 is 17.8 Å². The SMILES string of the molecule is O=C(NC1(C(=O)O)CCCCC1)[C@H]1CC(=O)N(CCc2ccccc2)C1. The van der Waals surface area contributed by atoms with Crippen LogP contribution in [0.2, 0.25) is 0 Å². The van der Waals surface area contributed by atoms with Crippen LogP contribution in [0.1, 0.15) is 44.1 Å². The summed E-state index contributed by atoms with van der Waals surface area (Å²) in [6.07, 6.45) is 4.45. The Kier molecular flexibility index (Phi) is 5.59. The molecule has 2 N–H and O–H groups in total. The maximum absolute atomic E-state index is 12.6. The Morgan fingerprint density at radius 3 is 2.50 bits per heavy atom. The second-order valence-electron chi connectivity index (χ2n) is 7.41. The number of rotatable bonds is 6. The third-order valence-corrected chi connectivity index (χ3v) is 5.58. The first kappa shape index (κ1) is 18.4. The van der Waals surface area contributed by atoms with Crippen molar-refractivity contribution in [1.29, 1.82) is 0 Å². The summed E-state index contributed by atoms with van der Waals surface area (Å²) >= 11 is 0. The van der Waals surface area contributed by atoms with E-state index in [9.17, 15) is 19.5 Å². The summed E-state index contributed by atoms with van der Waals surface area (Å²) in [5.41, 5.74) is -0.00391. The van der Waals surface area contributed by atoms with Crippen LogP contribution in [0.15, 0.2) is 30.3 Å². The van der Waals surface area contributed by atoms with Gasteiger partial charge in [0.2, 0.25) is 11.8 Å². The number of hydrogen-bond donors (Lipinski definition) is 2. The van der Waals surface area contributed by atoms with Gasteiger partial charge in [-0.05, 0) is 24.8 Å². The molecule has 6 nitrogen and oxygen atoms in total. The number of amides is 2. The Morgan fingerprint density at radius 1 is 1.15 bits per heavy atom. The Balaban J connectivity index is 1.57. The van der Waals surface area contributed by atoms with Crippen LogP contribution in [0.3, 0.4) is 0 Å². The van der Waals surface area contributed by atoms with Crippen molar-refractivity contribution in [3.63, 3.8) is 0 Å². The number of nitrogens with zero attached hydrogens (tertiary/aromatic N) is 1. The van der Waals surface area contributed by atoms with Crippen molar-refractivity contribution < 1.29 is 19.5 Å². The molecule has 0 radical (unpaired) electrons. The van der Waals surface area contributed by atoms with E-state index in [1.165, 1.54) is 0 Å². The lowest BCUT2D eigenvalue weighted by Crippen LogP contribution is -2.57. The smallest absolute Gasteiger partial charge is 0.329 e. The van der Waals surface area contributed by atoms with Gasteiger partial charge < -0.3 is 15.3 Å². The highest BCUT2D eigenvalue weighted by atomic mass is 16.4. The Labute approximate surface area is 153 Å². The van der Waals surface area contributed by atoms with Gasteiger partial charge in [0, 0.05) is 19.5 Å². The van der Waals surface area contributed by atoms with E-state index < -0.39 is 17.4 Å². The van der Waals surface area contributed by atoms with Crippen LogP contribution in [-0.4, -0.2) is 46.4 Å². The van der Waals surface area contributed by atoms with Crippen molar-refractivity contribution in [2.24, 2.45) is 5.92 Å². The first-order valence-electron chi connectivity index (χ1n) is 9.37. The number of aliphatic carboxylic acids is 1. The minimum absolute atomic E-state index is 0.0332. The first-order valence-corrected chi connectivity index (χ1v) is 9.37. The molecule has 1 saturated carbocycles. The molecule has 0 spiro atoms. The molecule has 3 rings (SSSR count). The van der Waals surface area contributed by atoms with Gasteiger partial charge in [-0.2, -0.15) is 0 Å². The molecule has 1 aromatic rings. The number of carboxylic acids is 1. The predicted molar refractivity (Wildman–Crippen MR) is 96.4 cm³/mol. The maximum Gasteiger partial charge on any atom is 0.329 e. The standard InChI is InChI=1S/C20H26N2O4/c23-17-13-16(14-22(17)12-9-15-7-3-1-4-8-15)18(24)21-20(19(25)26)10-5-2-6-11-20/h1,3-4,7-8,16H,2,5-6,9-14H2,(H,21,24)(H,25,26)/t16-/m0/s1. The van der Waals surface area contributed by atoms with E-state index in [0.29, 0.717) is 25.9 Å². The quantitative estimate of drug-likeness (QED) is 0.814. The molecule has 6 heteroatoms. The highest BCUT2D eigenvalue weighted by molar-refractivity contribution is 5.92. The van der Waals surface area contributed by atoms with E-state index in [-0.39, 0.29) is 18.2 Å². The van der Waals surface area contributed by atoms with E-state index in [4.69, 9.17) is 0 Å². The lowest BCUT2D eigenvalue weighted by molar-refractivity contribution is -0.150. The zero-order valence-corrected chi connectivity index (χ0v) is 14.9. The number of nitrogens with one attached hydrogen (secondary N) is 1. The molecule has 1 atom stereocenters. The molecule has 1 aromatic carbocycles. The third-order valence-electron chi connectivity index (χ3n) is 5.58. The fraction of sp³-hybridized carbons (Fsp3) is 0.550. The van der Waals surface area contributed by atoms with E-state index in [1.54, 1.807) is 4.90 Å². The van der Waals surface area contributed by atoms with E-state index in [0.717, 1.165) is 31.2 Å². The number of carbonyl (C=O) groups is 3. The van der Waals surface area contributed by atoms with Crippen molar-refractivity contribution in [3.8, 4) is 0 Å². The van der Waals surface area contributed by atoms with Gasteiger partial charge in [0.1, 0.15) is 5.54 Å². The van der Waals surface area contributed by atoms with Crippen LogP contribution >= 0.6 is 0 Å². The van der Waals surface area contributed by atoms with Crippen LogP contribution in [0.25, 0.3) is 0 Å². The summed E-state index contributed by atoms with van der Waals surface area (Å²) in [5.74, 6) is -1.76. The molecule has 1 aliphatic carbocycles. The number of hydrogen-bond acceptors (Lipinski definition) is 3. The lowest BCUT2D eigenvalue weighted by Gasteiger charge is -2.34. The average molecular weight is 358 g/mol. The molecule has 2 fully saturated rings. The molecule has 0 unspecified atom stereocenters. The minimum atomic E-state index is -1.16. The number of likely N-dealkylation sites (tertiary alicyclic amines) is 1. The second kappa shape index (κ2) is 7.89. The average Bonchev–Trinajstić information content (AvgIpc) is 3.02. The summed E-state index contributed by atoms with van der Waals surface area (Å²) in [4.78, 5) is 38.3. The Morgan fingerprint density at radius 2 is 1.85 bits per heavy atom. The van der Waals surface area contributed by atoms with Crippen LogP contribution in [-0.2, 0) is 20.8 Å². The predicted octanol–water partition coefficient (Wildman–Crippen LogP) is 1.98. The summed E-state index contributed by atoms with van der Waals surface area (Å²) in [6.45, 7) is 0.948. The number of benzene rings is 1. The molecule has 0 bridgehead atoms. The second-order valence-corrected chi connectivity index (χ2v) is 7.41. The Bertz CT molecular complexity index is 668. The highest BCUT2D eigenvalue weighted by Crippen LogP contribution is 2.29. The van der Waals surface area contributed by atoms with Crippen molar-refractivity contribution in [2.45, 2.75) is 50.5 Å². The normalized spacial score (nSPS) is 22.2. The lowest BCUT2D eigenvalue weighted by atomic mass is 9.81. The molecule has 26 heavy (non-hydrogen) atoms. The zero-order valence-electron chi connectivity index (χ0n) is 14.9. The highest BCUT2D eigenvalue weighted by Gasteiger charge is 2.43. The number of carbonyl (C=O) groups excluding carboxylic acids is 2. The molecular formula is C20H26N2O4. The van der Waals surface area contributed by atoms with Gasteiger partial charge in [0.05, 0.1) is 5.92 Å². The van der Waals surface area contributed by atoms with Crippen LogP contribution in [0.5, 0.6) is 0 Å². The summed E-state index contributed by atoms with van der Waals surface area (Å²) < 4.78 is 0. The summed E-state index contributed by atoms with van der Waals surface area (Å²) in [6, 6.07) is 9.92. The van der Waals surface area contributed by atoms with Crippen LogP contribution in [0, 0.1) is 5.92 Å². The van der Waals surface area contributed by atoms with Gasteiger partial charge >= 0.3 is 5.97 Å². The molecule has 0 aromatic heterocycles. The molecule has 1 saturated heterocycles. The van der Waals surface area contributed by atoms with Gasteiger partial charge in [-0.15, -0.1) is 0 Å². The van der Waals surface area contributed by atoms with Gasteiger partial charge in [0.25, 0.3) is 0 Å². The summed E-state index contributed by atoms with van der Waals surface area (Å²) in [7, 11) is 0.